The quantitative estimate of drug-likeness (QED) is 0.327. The van der Waals surface area contributed by atoms with Crippen LogP contribution < -0.4 is 5.32 Å². The molecule has 2 heterocycles. The van der Waals surface area contributed by atoms with E-state index in [0.29, 0.717) is 22.7 Å². The number of nitrogens with zero attached hydrogens (tertiary/aromatic N) is 1. The minimum atomic E-state index is -0.428. The fourth-order valence-electron chi connectivity index (χ4n) is 2.25. The van der Waals surface area contributed by atoms with Gasteiger partial charge in [-0.25, -0.2) is 9.78 Å². The van der Waals surface area contributed by atoms with E-state index >= 15 is 0 Å². The van der Waals surface area contributed by atoms with Gasteiger partial charge in [0.05, 0.1) is 35.4 Å². The molecular formula is C19H16N2O4S3. The van der Waals surface area contributed by atoms with Crippen LogP contribution in [0, 0.1) is 0 Å². The number of carbonyl (C=O) groups excluding carboxylic acids is 3. The van der Waals surface area contributed by atoms with Gasteiger partial charge in [0.25, 0.3) is 0 Å². The summed E-state index contributed by atoms with van der Waals surface area (Å²) >= 11 is 4.22. The van der Waals surface area contributed by atoms with Crippen molar-refractivity contribution in [2.75, 3.05) is 18.2 Å². The molecule has 0 aliphatic rings. The highest BCUT2D eigenvalue weighted by Gasteiger charge is 2.12. The van der Waals surface area contributed by atoms with Crippen molar-refractivity contribution < 1.29 is 19.1 Å². The Hall–Kier alpha value is -2.49. The molecule has 3 aromatic rings. The van der Waals surface area contributed by atoms with Gasteiger partial charge in [-0.15, -0.1) is 22.7 Å². The van der Waals surface area contributed by atoms with E-state index < -0.39 is 5.97 Å². The van der Waals surface area contributed by atoms with E-state index in [2.05, 4.69) is 15.0 Å². The van der Waals surface area contributed by atoms with Crippen molar-refractivity contribution in [1.82, 2.24) is 4.98 Å². The predicted molar refractivity (Wildman–Crippen MR) is 112 cm³/mol. The number of thioether (sulfide) groups is 1. The normalized spacial score (nSPS) is 10.5. The second-order valence-electron chi connectivity index (χ2n) is 5.59. The zero-order chi connectivity index (χ0) is 19.9. The maximum Gasteiger partial charge on any atom is 0.337 e. The van der Waals surface area contributed by atoms with E-state index in [9.17, 15) is 14.4 Å². The molecule has 1 aromatic carbocycles. The molecule has 0 unspecified atom stereocenters. The van der Waals surface area contributed by atoms with Crippen molar-refractivity contribution in [2.45, 2.75) is 10.8 Å². The molecule has 3 rings (SSSR count). The van der Waals surface area contributed by atoms with Gasteiger partial charge >= 0.3 is 5.97 Å². The number of esters is 1. The minimum absolute atomic E-state index is 0.0740. The number of aromatic nitrogens is 1. The number of rotatable bonds is 8. The molecule has 6 nitrogen and oxygen atoms in total. The van der Waals surface area contributed by atoms with Crippen LogP contribution in [0.5, 0.6) is 0 Å². The van der Waals surface area contributed by atoms with E-state index in [0.717, 1.165) is 9.22 Å². The number of Topliss-reactive ketones (excluding diaryl/α,β-unsaturated/α-hetero) is 1. The van der Waals surface area contributed by atoms with Crippen LogP contribution in [-0.2, 0) is 16.0 Å². The first kappa shape index (κ1) is 20.2. The molecule has 0 spiro atoms. The van der Waals surface area contributed by atoms with Crippen LogP contribution in [0.4, 0.5) is 5.69 Å². The van der Waals surface area contributed by atoms with Crippen LogP contribution >= 0.6 is 34.4 Å². The highest BCUT2D eigenvalue weighted by Crippen LogP contribution is 2.24. The van der Waals surface area contributed by atoms with Crippen LogP contribution in [0.25, 0.3) is 0 Å². The number of carbonyl (C=O) groups is 3. The largest absolute Gasteiger partial charge is 0.465 e. The van der Waals surface area contributed by atoms with E-state index in [1.54, 1.807) is 24.3 Å². The number of methoxy groups -OCH3 is 1. The van der Waals surface area contributed by atoms with E-state index in [1.165, 1.54) is 41.5 Å². The zero-order valence-corrected chi connectivity index (χ0v) is 17.3. The topological polar surface area (TPSA) is 85.4 Å². The summed E-state index contributed by atoms with van der Waals surface area (Å²) in [5, 5.41) is 6.46. The Bertz CT molecular complexity index is 965. The summed E-state index contributed by atoms with van der Waals surface area (Å²) in [7, 11) is 1.32. The number of thiazole rings is 1. The zero-order valence-electron chi connectivity index (χ0n) is 14.8. The van der Waals surface area contributed by atoms with Gasteiger partial charge in [0.2, 0.25) is 5.91 Å². The Kier molecular flexibility index (Phi) is 6.96. The van der Waals surface area contributed by atoms with Gasteiger partial charge in [-0.05, 0) is 35.7 Å². The summed E-state index contributed by atoms with van der Waals surface area (Å²) in [5.41, 5.74) is 1.66. The number of nitrogens with one attached hydrogen (secondary N) is 1. The second-order valence-corrected chi connectivity index (χ2v) is 8.62. The number of thiophene rings is 1. The summed E-state index contributed by atoms with van der Waals surface area (Å²) < 4.78 is 5.40. The average molecular weight is 433 g/mol. The van der Waals surface area contributed by atoms with Gasteiger partial charge < -0.3 is 10.1 Å². The molecule has 0 aliphatic carbocycles. The summed E-state index contributed by atoms with van der Waals surface area (Å²) in [4.78, 5) is 40.8. The Morgan fingerprint density at radius 1 is 1.14 bits per heavy atom. The van der Waals surface area contributed by atoms with Crippen LogP contribution in [-0.4, -0.2) is 35.5 Å². The molecule has 0 atom stereocenters. The van der Waals surface area contributed by atoms with E-state index in [1.807, 2.05) is 22.9 Å². The fourth-order valence-corrected chi connectivity index (χ4v) is 4.73. The molecule has 1 amide bonds. The molecule has 0 aliphatic heterocycles. The Morgan fingerprint density at radius 3 is 2.61 bits per heavy atom. The average Bonchev–Trinajstić information content (AvgIpc) is 3.38. The highest BCUT2D eigenvalue weighted by atomic mass is 32.2. The van der Waals surface area contributed by atoms with Crippen LogP contribution in [0.2, 0.25) is 0 Å². The number of hydrogen-bond donors (Lipinski definition) is 1. The lowest BCUT2D eigenvalue weighted by Gasteiger charge is -2.05. The molecule has 0 fully saturated rings. The Balaban J connectivity index is 1.49. The second kappa shape index (κ2) is 9.63. The summed E-state index contributed by atoms with van der Waals surface area (Å²) in [6.07, 6.45) is 0.134. The van der Waals surface area contributed by atoms with Crippen molar-refractivity contribution in [3.8, 4) is 0 Å². The summed E-state index contributed by atoms with van der Waals surface area (Å²) in [6, 6.07) is 10.1. The minimum Gasteiger partial charge on any atom is -0.465 e. The maximum atomic E-state index is 12.2. The molecule has 9 heteroatoms. The SMILES string of the molecule is COC(=O)c1ccc(NC(=O)Cc2csc(SCC(=O)c3cccs3)n2)cc1. The first-order valence-electron chi connectivity index (χ1n) is 8.17. The van der Waals surface area contributed by atoms with Gasteiger partial charge in [-0.3, -0.25) is 9.59 Å². The van der Waals surface area contributed by atoms with E-state index in [4.69, 9.17) is 0 Å². The van der Waals surface area contributed by atoms with Crippen molar-refractivity contribution >= 4 is 57.8 Å². The molecule has 0 radical (unpaired) electrons. The molecule has 0 saturated carbocycles. The number of benzene rings is 1. The molecular weight excluding hydrogens is 416 g/mol. The van der Waals surface area contributed by atoms with Gasteiger partial charge in [-0.2, -0.15) is 0 Å². The van der Waals surface area contributed by atoms with E-state index in [-0.39, 0.29) is 18.1 Å². The number of hydrogen-bond acceptors (Lipinski definition) is 8. The lowest BCUT2D eigenvalue weighted by molar-refractivity contribution is -0.115. The van der Waals surface area contributed by atoms with Crippen molar-refractivity contribution in [3.63, 3.8) is 0 Å². The Morgan fingerprint density at radius 2 is 1.93 bits per heavy atom. The number of ether oxygens (including phenoxy) is 1. The molecule has 144 valence electrons. The van der Waals surface area contributed by atoms with Crippen LogP contribution in [0.3, 0.4) is 0 Å². The van der Waals surface area contributed by atoms with Crippen molar-refractivity contribution in [1.29, 1.82) is 0 Å². The number of ketones is 1. The van der Waals surface area contributed by atoms with Gasteiger partial charge in [-0.1, -0.05) is 17.8 Å². The molecule has 28 heavy (non-hydrogen) atoms. The summed E-state index contributed by atoms with van der Waals surface area (Å²) in [5.74, 6) is -0.234. The molecule has 0 bridgehead atoms. The third-order valence-corrected chi connectivity index (χ3v) is 6.57. The number of amides is 1. The van der Waals surface area contributed by atoms with Crippen molar-refractivity contribution in [3.05, 3.63) is 63.3 Å². The third-order valence-electron chi connectivity index (χ3n) is 3.58. The van der Waals surface area contributed by atoms with Crippen molar-refractivity contribution in [2.24, 2.45) is 0 Å². The molecule has 2 aromatic heterocycles. The van der Waals surface area contributed by atoms with Crippen LogP contribution in [0.15, 0.2) is 51.5 Å². The lowest BCUT2D eigenvalue weighted by atomic mass is 10.2. The molecule has 0 saturated heterocycles. The highest BCUT2D eigenvalue weighted by molar-refractivity contribution is 8.01. The fraction of sp³-hybridized carbons (Fsp3) is 0.158. The first-order chi connectivity index (χ1) is 13.5. The monoisotopic (exact) mass is 432 g/mol. The molecule has 1 N–H and O–H groups in total. The first-order valence-corrected chi connectivity index (χ1v) is 10.9. The summed E-state index contributed by atoms with van der Waals surface area (Å²) in [6.45, 7) is 0. The maximum absolute atomic E-state index is 12.2. The van der Waals surface area contributed by atoms with Gasteiger partial charge in [0.15, 0.2) is 10.1 Å². The number of anilines is 1. The predicted octanol–water partition coefficient (Wildman–Crippen LogP) is 4.15. The standard InChI is InChI=1S/C19H16N2O4S3/c1-25-18(24)12-4-6-13(7-5-12)20-17(23)9-14-10-27-19(21-14)28-11-15(22)16-3-2-8-26-16/h2-8,10H,9,11H2,1H3,(H,20,23). The Labute approximate surface area is 174 Å². The lowest BCUT2D eigenvalue weighted by Crippen LogP contribution is -2.14. The third kappa shape index (κ3) is 5.51. The van der Waals surface area contributed by atoms with Gasteiger partial charge in [0, 0.05) is 11.1 Å². The van der Waals surface area contributed by atoms with Crippen LogP contribution in [0.1, 0.15) is 25.7 Å². The smallest absolute Gasteiger partial charge is 0.337 e. The van der Waals surface area contributed by atoms with Gasteiger partial charge in [0.1, 0.15) is 0 Å².